The predicted octanol–water partition coefficient (Wildman–Crippen LogP) is 5.41. The maximum atomic E-state index is 13.0. The molecule has 1 amide bonds. The molecule has 0 aliphatic rings. The fraction of sp³-hybridized carbons (Fsp3) is 0.304. The first-order valence-corrected chi connectivity index (χ1v) is 11.8. The van der Waals surface area contributed by atoms with Crippen LogP contribution in [0.25, 0.3) is 16.9 Å². The molecule has 0 spiro atoms. The van der Waals surface area contributed by atoms with E-state index in [2.05, 4.69) is 25.2 Å². The summed E-state index contributed by atoms with van der Waals surface area (Å²) in [6, 6.07) is 5.80. The van der Waals surface area contributed by atoms with Crippen molar-refractivity contribution in [2.75, 3.05) is 18.7 Å². The van der Waals surface area contributed by atoms with Crippen LogP contribution in [-0.4, -0.2) is 55.5 Å². The van der Waals surface area contributed by atoms with Gasteiger partial charge in [-0.15, -0.1) is 11.8 Å². The third-order valence-corrected chi connectivity index (χ3v) is 5.78. The minimum absolute atomic E-state index is 0.121. The molecule has 8 nitrogen and oxygen atoms in total. The average molecular weight is 525 g/mol. The monoisotopic (exact) mass is 524 g/mol. The number of fused-ring (bicyclic) bond motifs is 1. The van der Waals surface area contributed by atoms with Crippen LogP contribution in [0.5, 0.6) is 5.75 Å². The summed E-state index contributed by atoms with van der Waals surface area (Å²) in [5.74, 6) is -0.747. The minimum Gasteiger partial charge on any atom is -0.434 e. The molecule has 0 saturated carbocycles. The van der Waals surface area contributed by atoms with Gasteiger partial charge in [-0.3, -0.25) is 9.48 Å². The molecule has 3 aromatic heterocycles. The smallest absolute Gasteiger partial charge is 0.387 e. The van der Waals surface area contributed by atoms with Gasteiger partial charge in [-0.1, -0.05) is 13.8 Å². The number of nitrogens with one attached hydrogen (secondary N) is 1. The van der Waals surface area contributed by atoms with Gasteiger partial charge in [-0.25, -0.2) is 18.3 Å². The lowest BCUT2D eigenvalue weighted by molar-refractivity contribution is -0.0494. The first-order valence-electron chi connectivity index (χ1n) is 10.9. The number of benzene rings is 1. The molecular formula is C23H24F4N6O2S. The van der Waals surface area contributed by atoms with Crippen molar-refractivity contribution in [1.29, 1.82) is 0 Å². The van der Waals surface area contributed by atoms with Crippen molar-refractivity contribution in [2.24, 2.45) is 7.05 Å². The summed E-state index contributed by atoms with van der Waals surface area (Å²) in [4.78, 5) is 17.5. The lowest BCUT2D eigenvalue weighted by atomic mass is 10.1. The number of aryl methyl sites for hydroxylation is 1. The number of thioether (sulfide) groups is 1. The number of halogens is 4. The molecule has 1 N–H and O–H groups in total. The van der Waals surface area contributed by atoms with Crippen molar-refractivity contribution in [2.45, 2.75) is 30.6 Å². The predicted molar refractivity (Wildman–Crippen MR) is 129 cm³/mol. The Labute approximate surface area is 208 Å². The number of carbonyl (C=O) groups excluding carboxylic acids is 1. The van der Waals surface area contributed by atoms with E-state index < -0.39 is 31.1 Å². The number of hydrogen-bond donors (Lipinski definition) is 1. The van der Waals surface area contributed by atoms with E-state index in [1.807, 2.05) is 13.8 Å². The maximum absolute atomic E-state index is 13.0. The maximum Gasteiger partial charge on any atom is 0.387 e. The Hall–Kier alpha value is -3.61. The van der Waals surface area contributed by atoms with Crippen LogP contribution >= 0.6 is 11.8 Å². The van der Waals surface area contributed by atoms with E-state index in [4.69, 9.17) is 0 Å². The van der Waals surface area contributed by atoms with Gasteiger partial charge in [0.05, 0.1) is 17.1 Å². The Morgan fingerprint density at radius 1 is 1.22 bits per heavy atom. The third kappa shape index (κ3) is 6.14. The molecule has 0 unspecified atom stereocenters. The summed E-state index contributed by atoms with van der Waals surface area (Å²) in [5, 5.41) is 10.1. The third-order valence-electron chi connectivity index (χ3n) is 4.67. The van der Waals surface area contributed by atoms with E-state index in [1.165, 1.54) is 46.0 Å². The molecular weight excluding hydrogens is 500 g/mol. The van der Waals surface area contributed by atoms with Gasteiger partial charge in [0.15, 0.2) is 5.65 Å². The van der Waals surface area contributed by atoms with Crippen molar-refractivity contribution < 1.29 is 27.1 Å². The number of aromatic nitrogens is 5. The molecule has 0 bridgehead atoms. The van der Waals surface area contributed by atoms with E-state index in [0.29, 0.717) is 10.5 Å². The van der Waals surface area contributed by atoms with E-state index >= 15 is 0 Å². The molecule has 0 atom stereocenters. The summed E-state index contributed by atoms with van der Waals surface area (Å²) >= 11 is 0.917. The number of anilines is 1. The number of nitrogens with zero attached hydrogens (tertiary/aromatic N) is 5. The second-order valence-corrected chi connectivity index (χ2v) is 8.42. The van der Waals surface area contributed by atoms with E-state index in [1.54, 1.807) is 19.3 Å². The summed E-state index contributed by atoms with van der Waals surface area (Å²) in [6.45, 7) is -0.914. The van der Waals surface area contributed by atoms with Gasteiger partial charge in [-0.2, -0.15) is 19.0 Å². The normalized spacial score (nSPS) is 11.0. The second kappa shape index (κ2) is 12.4. The van der Waals surface area contributed by atoms with Gasteiger partial charge in [-0.05, 0) is 24.3 Å². The van der Waals surface area contributed by atoms with Gasteiger partial charge in [0.1, 0.15) is 30.4 Å². The first kappa shape index (κ1) is 27.0. The highest BCUT2D eigenvalue weighted by atomic mass is 32.2. The van der Waals surface area contributed by atoms with Crippen LogP contribution < -0.4 is 10.1 Å². The quantitative estimate of drug-likeness (QED) is 0.233. The Bertz CT molecular complexity index is 1310. The lowest BCUT2D eigenvalue weighted by Gasteiger charge is -2.14. The standard InChI is InChI=1S/C21H18F4N6O2S.C2H6/c1-30-11-16(28-20(32)15-10-27-31-6-2-5-26-19(15)31)18(29-30)14-7-12(34-13(8-22)9-23)3-4-17(14)33-21(24)25;1-2/h2-7,10-11,13,21H,8-9H2,1H3,(H,28,32);1-2H3. The van der Waals surface area contributed by atoms with Crippen LogP contribution in [-0.2, 0) is 7.05 Å². The molecule has 1 aromatic carbocycles. The number of carbonyl (C=O) groups is 1. The van der Waals surface area contributed by atoms with Crippen LogP contribution in [0.2, 0.25) is 0 Å². The average Bonchev–Trinajstić information content (AvgIpc) is 3.47. The van der Waals surface area contributed by atoms with Crippen molar-refractivity contribution in [3.05, 3.63) is 54.6 Å². The highest BCUT2D eigenvalue weighted by Crippen LogP contribution is 2.39. The molecule has 192 valence electrons. The van der Waals surface area contributed by atoms with Crippen LogP contribution in [0.4, 0.5) is 23.2 Å². The largest absolute Gasteiger partial charge is 0.434 e. The van der Waals surface area contributed by atoms with Crippen LogP contribution in [0.3, 0.4) is 0 Å². The molecule has 0 saturated heterocycles. The second-order valence-electron chi connectivity index (χ2n) is 7.05. The molecule has 3 heterocycles. The minimum atomic E-state index is -3.12. The topological polar surface area (TPSA) is 86.3 Å². The molecule has 4 rings (SSSR count). The highest BCUT2D eigenvalue weighted by Gasteiger charge is 2.22. The SMILES string of the molecule is CC.Cn1cc(NC(=O)c2cnn3cccnc23)c(-c2cc(SC(CF)CF)ccc2OC(F)F)n1. The molecule has 0 aliphatic carbocycles. The number of rotatable bonds is 9. The summed E-state index contributed by atoms with van der Waals surface area (Å²) in [6.07, 6.45) is 5.99. The van der Waals surface area contributed by atoms with Crippen molar-refractivity contribution >= 4 is 29.0 Å². The Kier molecular flexibility index (Phi) is 9.28. The fourth-order valence-corrected chi connectivity index (χ4v) is 4.06. The summed E-state index contributed by atoms with van der Waals surface area (Å²) in [5.41, 5.74) is 0.981. The van der Waals surface area contributed by atoms with E-state index in [-0.39, 0.29) is 28.3 Å². The zero-order chi connectivity index (χ0) is 26.2. The number of amides is 1. The Morgan fingerprint density at radius 3 is 2.67 bits per heavy atom. The van der Waals surface area contributed by atoms with E-state index in [9.17, 15) is 22.4 Å². The molecule has 36 heavy (non-hydrogen) atoms. The molecule has 0 radical (unpaired) electrons. The lowest BCUT2D eigenvalue weighted by Crippen LogP contribution is -2.12. The summed E-state index contributed by atoms with van der Waals surface area (Å²) in [7, 11) is 1.59. The molecule has 0 fully saturated rings. The molecule has 4 aromatic rings. The van der Waals surface area contributed by atoms with Crippen molar-refractivity contribution in [1.82, 2.24) is 24.4 Å². The first-order chi connectivity index (χ1) is 17.4. The summed E-state index contributed by atoms with van der Waals surface area (Å²) < 4.78 is 59.6. The zero-order valence-corrected chi connectivity index (χ0v) is 20.5. The Morgan fingerprint density at radius 2 is 1.97 bits per heavy atom. The van der Waals surface area contributed by atoms with Crippen LogP contribution in [0.15, 0.2) is 53.9 Å². The van der Waals surface area contributed by atoms with Crippen molar-refractivity contribution in [3.63, 3.8) is 0 Å². The van der Waals surface area contributed by atoms with E-state index in [0.717, 1.165) is 11.8 Å². The number of hydrogen-bond acceptors (Lipinski definition) is 6. The van der Waals surface area contributed by atoms with Gasteiger partial charge < -0.3 is 10.1 Å². The van der Waals surface area contributed by atoms with Gasteiger partial charge in [0.25, 0.3) is 5.91 Å². The highest BCUT2D eigenvalue weighted by molar-refractivity contribution is 8.00. The fourth-order valence-electron chi connectivity index (χ4n) is 3.22. The number of ether oxygens (including phenoxy) is 1. The van der Waals surface area contributed by atoms with Crippen molar-refractivity contribution in [3.8, 4) is 17.0 Å². The van der Waals surface area contributed by atoms with Gasteiger partial charge in [0, 0.05) is 36.1 Å². The van der Waals surface area contributed by atoms with Gasteiger partial charge >= 0.3 is 6.61 Å². The molecule has 13 heteroatoms. The zero-order valence-electron chi connectivity index (χ0n) is 19.7. The van der Waals surface area contributed by atoms with Crippen LogP contribution in [0, 0.1) is 0 Å². The molecule has 0 aliphatic heterocycles. The Balaban J connectivity index is 0.00000176. The number of alkyl halides is 4. The van der Waals surface area contributed by atoms with Crippen LogP contribution in [0.1, 0.15) is 24.2 Å². The van der Waals surface area contributed by atoms with Gasteiger partial charge in [0.2, 0.25) is 0 Å².